The van der Waals surface area contributed by atoms with Crippen molar-refractivity contribution in [2.75, 3.05) is 11.1 Å². The van der Waals surface area contributed by atoms with Crippen molar-refractivity contribution in [2.24, 2.45) is 5.41 Å². The first-order valence-electron chi connectivity index (χ1n) is 4.80. The molecule has 2 nitrogen and oxygen atoms in total. The van der Waals surface area contributed by atoms with Gasteiger partial charge >= 0.3 is 0 Å². The van der Waals surface area contributed by atoms with Crippen LogP contribution in [0, 0.1) is 5.41 Å². The minimum absolute atomic E-state index is 0.524. The molecular weight excluding hydrogens is 280 g/mol. The van der Waals surface area contributed by atoms with Gasteiger partial charge in [0.25, 0.3) is 0 Å². The van der Waals surface area contributed by atoms with Gasteiger partial charge in [-0.1, -0.05) is 51.9 Å². The molecule has 0 N–H and O–H groups in total. The SMILES string of the molecule is BrCC1(CSc2nncs2)CCCC1. The number of alkyl halides is 1. The predicted molar refractivity (Wildman–Crippen MR) is 65.3 cm³/mol. The highest BCUT2D eigenvalue weighted by Gasteiger charge is 2.32. The molecule has 1 aromatic rings. The molecule has 1 saturated carbocycles. The third-order valence-corrected chi connectivity index (χ3v) is 6.19. The van der Waals surface area contributed by atoms with Crippen molar-refractivity contribution in [1.29, 1.82) is 0 Å². The molecule has 0 saturated heterocycles. The summed E-state index contributed by atoms with van der Waals surface area (Å²) in [5.74, 6) is 1.19. The molecule has 0 amide bonds. The van der Waals surface area contributed by atoms with Crippen molar-refractivity contribution >= 4 is 39.0 Å². The van der Waals surface area contributed by atoms with Crippen molar-refractivity contribution < 1.29 is 0 Å². The summed E-state index contributed by atoms with van der Waals surface area (Å²) in [6.45, 7) is 0. The van der Waals surface area contributed by atoms with E-state index in [0.717, 1.165) is 9.67 Å². The summed E-state index contributed by atoms with van der Waals surface area (Å²) in [5, 5.41) is 9.04. The van der Waals surface area contributed by atoms with E-state index in [1.807, 2.05) is 11.8 Å². The Morgan fingerprint density at radius 2 is 2.29 bits per heavy atom. The molecule has 78 valence electrons. The van der Waals surface area contributed by atoms with Crippen LogP contribution in [0.3, 0.4) is 0 Å². The number of rotatable bonds is 4. The first kappa shape index (κ1) is 10.9. The molecule has 14 heavy (non-hydrogen) atoms. The molecule has 0 aliphatic heterocycles. The summed E-state index contributed by atoms with van der Waals surface area (Å²) in [4.78, 5) is 0. The van der Waals surface area contributed by atoms with Gasteiger partial charge in [0, 0.05) is 11.1 Å². The molecule has 1 fully saturated rings. The first-order valence-corrected chi connectivity index (χ1v) is 7.78. The fourth-order valence-electron chi connectivity index (χ4n) is 1.88. The summed E-state index contributed by atoms with van der Waals surface area (Å²) in [5.41, 5.74) is 2.33. The van der Waals surface area contributed by atoms with Crippen LogP contribution in [-0.2, 0) is 0 Å². The van der Waals surface area contributed by atoms with Gasteiger partial charge in [-0.15, -0.1) is 10.2 Å². The topological polar surface area (TPSA) is 25.8 Å². The number of halogens is 1. The highest BCUT2D eigenvalue weighted by Crippen LogP contribution is 2.43. The highest BCUT2D eigenvalue weighted by atomic mass is 79.9. The Labute approximate surface area is 101 Å². The van der Waals surface area contributed by atoms with Gasteiger partial charge in [0.1, 0.15) is 5.51 Å². The van der Waals surface area contributed by atoms with E-state index in [1.165, 1.54) is 31.4 Å². The molecule has 1 aromatic heterocycles. The molecule has 0 aromatic carbocycles. The van der Waals surface area contributed by atoms with Crippen LogP contribution in [0.4, 0.5) is 0 Å². The van der Waals surface area contributed by atoms with E-state index in [9.17, 15) is 0 Å². The molecule has 5 heteroatoms. The molecule has 1 aliphatic carbocycles. The molecule has 0 unspecified atom stereocenters. The standard InChI is InChI=1S/C9H13BrN2S2/c10-5-9(3-1-2-4-9)6-13-8-12-11-7-14-8/h7H,1-6H2. The van der Waals surface area contributed by atoms with Crippen molar-refractivity contribution in [2.45, 2.75) is 30.0 Å². The molecule has 0 radical (unpaired) electrons. The maximum Gasteiger partial charge on any atom is 0.174 e. The van der Waals surface area contributed by atoms with E-state index >= 15 is 0 Å². The van der Waals surface area contributed by atoms with E-state index in [2.05, 4.69) is 26.1 Å². The zero-order valence-corrected chi connectivity index (χ0v) is 11.1. The summed E-state index contributed by atoms with van der Waals surface area (Å²) in [6, 6.07) is 0. The van der Waals surface area contributed by atoms with Crippen LogP contribution in [0.2, 0.25) is 0 Å². The molecule has 1 aliphatic rings. The Kier molecular flexibility index (Phi) is 3.85. The summed E-state index contributed by atoms with van der Waals surface area (Å²) in [7, 11) is 0. The second-order valence-electron chi connectivity index (χ2n) is 3.83. The Morgan fingerprint density at radius 3 is 2.86 bits per heavy atom. The van der Waals surface area contributed by atoms with Crippen molar-refractivity contribution in [1.82, 2.24) is 10.2 Å². The Morgan fingerprint density at radius 1 is 1.50 bits per heavy atom. The van der Waals surface area contributed by atoms with Gasteiger partial charge in [0.05, 0.1) is 0 Å². The van der Waals surface area contributed by atoms with Crippen molar-refractivity contribution in [3.63, 3.8) is 0 Å². The molecule has 2 rings (SSSR count). The van der Waals surface area contributed by atoms with E-state index in [0.29, 0.717) is 5.41 Å². The average molecular weight is 293 g/mol. The lowest BCUT2D eigenvalue weighted by Crippen LogP contribution is -2.21. The van der Waals surface area contributed by atoms with Gasteiger partial charge in [-0.05, 0) is 18.3 Å². The maximum atomic E-state index is 4.06. The number of aromatic nitrogens is 2. The quantitative estimate of drug-likeness (QED) is 0.627. The Hall–Kier alpha value is 0.390. The van der Waals surface area contributed by atoms with Gasteiger partial charge in [-0.3, -0.25) is 0 Å². The van der Waals surface area contributed by atoms with Crippen LogP contribution in [-0.4, -0.2) is 21.3 Å². The molecule has 0 spiro atoms. The van der Waals surface area contributed by atoms with Gasteiger partial charge in [-0.2, -0.15) is 0 Å². The zero-order valence-electron chi connectivity index (χ0n) is 7.91. The lowest BCUT2D eigenvalue weighted by atomic mass is 9.92. The summed E-state index contributed by atoms with van der Waals surface area (Å²) in [6.07, 6.45) is 5.51. The fourth-order valence-corrected chi connectivity index (χ4v) is 4.69. The minimum Gasteiger partial charge on any atom is -0.146 e. The van der Waals surface area contributed by atoms with Crippen LogP contribution in [0.15, 0.2) is 9.85 Å². The molecule has 0 bridgehead atoms. The molecular formula is C9H13BrN2S2. The fraction of sp³-hybridized carbons (Fsp3) is 0.778. The molecule has 0 atom stereocenters. The zero-order chi connectivity index (χ0) is 9.86. The second kappa shape index (κ2) is 4.94. The van der Waals surface area contributed by atoms with Gasteiger partial charge < -0.3 is 0 Å². The summed E-state index contributed by atoms with van der Waals surface area (Å²) < 4.78 is 1.11. The number of hydrogen-bond acceptors (Lipinski definition) is 4. The normalized spacial score (nSPS) is 20.1. The van der Waals surface area contributed by atoms with E-state index in [4.69, 9.17) is 0 Å². The Balaban J connectivity index is 1.89. The van der Waals surface area contributed by atoms with Gasteiger partial charge in [0.15, 0.2) is 4.34 Å². The van der Waals surface area contributed by atoms with E-state index in [1.54, 1.807) is 16.8 Å². The van der Waals surface area contributed by atoms with Crippen LogP contribution < -0.4 is 0 Å². The average Bonchev–Trinajstić information content (AvgIpc) is 2.87. The lowest BCUT2D eigenvalue weighted by Gasteiger charge is -2.25. The number of hydrogen-bond donors (Lipinski definition) is 0. The Bertz CT molecular complexity index is 270. The van der Waals surface area contributed by atoms with Crippen LogP contribution in [0.1, 0.15) is 25.7 Å². The first-order chi connectivity index (χ1) is 6.85. The van der Waals surface area contributed by atoms with Crippen LogP contribution in [0.25, 0.3) is 0 Å². The van der Waals surface area contributed by atoms with Crippen LogP contribution in [0.5, 0.6) is 0 Å². The third-order valence-electron chi connectivity index (χ3n) is 2.79. The van der Waals surface area contributed by atoms with Crippen LogP contribution >= 0.6 is 39.0 Å². The minimum atomic E-state index is 0.524. The highest BCUT2D eigenvalue weighted by molar-refractivity contribution is 9.09. The number of nitrogens with zero attached hydrogens (tertiary/aromatic N) is 2. The van der Waals surface area contributed by atoms with Crippen molar-refractivity contribution in [3.8, 4) is 0 Å². The van der Waals surface area contributed by atoms with Gasteiger partial charge in [-0.25, -0.2) is 0 Å². The number of thioether (sulfide) groups is 1. The third kappa shape index (κ3) is 2.49. The maximum absolute atomic E-state index is 4.06. The van der Waals surface area contributed by atoms with E-state index in [-0.39, 0.29) is 0 Å². The van der Waals surface area contributed by atoms with E-state index < -0.39 is 0 Å². The predicted octanol–water partition coefficient (Wildman–Crippen LogP) is 3.59. The van der Waals surface area contributed by atoms with Gasteiger partial charge in [0.2, 0.25) is 0 Å². The monoisotopic (exact) mass is 292 g/mol. The second-order valence-corrected chi connectivity index (χ2v) is 6.45. The summed E-state index contributed by atoms with van der Waals surface area (Å²) >= 11 is 7.16. The lowest BCUT2D eigenvalue weighted by molar-refractivity contribution is 0.405. The van der Waals surface area contributed by atoms with Crippen molar-refractivity contribution in [3.05, 3.63) is 5.51 Å². The molecule has 1 heterocycles. The largest absolute Gasteiger partial charge is 0.174 e. The smallest absolute Gasteiger partial charge is 0.146 e.